The van der Waals surface area contributed by atoms with Gasteiger partial charge in [-0.15, -0.1) is 13.2 Å². The number of ether oxygens (including phenoxy) is 1. The van der Waals surface area contributed by atoms with Gasteiger partial charge in [0.1, 0.15) is 12.2 Å². The molecule has 0 amide bonds. The Kier molecular flexibility index (Phi) is 8.93. The molecule has 4 unspecified atom stereocenters. The predicted octanol–water partition coefficient (Wildman–Crippen LogP) is -0.401. The van der Waals surface area contributed by atoms with E-state index in [0.29, 0.717) is 0 Å². The van der Waals surface area contributed by atoms with E-state index in [2.05, 4.69) is 13.2 Å². The molecule has 4 N–H and O–H groups in total. The second kappa shape index (κ2) is 9.32. The molecule has 0 spiro atoms. The maximum Gasteiger partial charge on any atom is 0.103 e. The SMILES string of the molecule is C=CCC(O)C(O)COCC(O)C(O)CC=C. The van der Waals surface area contributed by atoms with Crippen molar-refractivity contribution < 1.29 is 25.2 Å². The average Bonchev–Trinajstić information content (AvgIpc) is 2.29. The minimum atomic E-state index is -1.03. The Bertz CT molecular complexity index is 197. The molecule has 0 saturated heterocycles. The Labute approximate surface area is 102 Å². The van der Waals surface area contributed by atoms with E-state index in [-0.39, 0.29) is 26.1 Å². The molecular weight excluding hydrogens is 224 g/mol. The Morgan fingerprint density at radius 3 is 1.41 bits per heavy atom. The Balaban J connectivity index is 3.74. The summed E-state index contributed by atoms with van der Waals surface area (Å²) in [6.45, 7) is 6.67. The lowest BCUT2D eigenvalue weighted by molar-refractivity contribution is -0.0756. The van der Waals surface area contributed by atoms with Crippen LogP contribution in [0.15, 0.2) is 25.3 Å². The van der Waals surface area contributed by atoms with E-state index in [1.807, 2.05) is 0 Å². The van der Waals surface area contributed by atoms with Crippen LogP contribution in [-0.4, -0.2) is 58.1 Å². The summed E-state index contributed by atoms with van der Waals surface area (Å²) in [4.78, 5) is 0. The van der Waals surface area contributed by atoms with Crippen molar-refractivity contribution in [2.75, 3.05) is 13.2 Å². The van der Waals surface area contributed by atoms with Gasteiger partial charge >= 0.3 is 0 Å². The molecule has 0 aliphatic rings. The third-order valence-corrected chi connectivity index (χ3v) is 2.28. The monoisotopic (exact) mass is 246 g/mol. The van der Waals surface area contributed by atoms with E-state index in [1.165, 1.54) is 12.2 Å². The molecule has 0 fully saturated rings. The molecule has 4 atom stereocenters. The first kappa shape index (κ1) is 16.3. The minimum Gasteiger partial charge on any atom is -0.390 e. The van der Waals surface area contributed by atoms with Crippen LogP contribution < -0.4 is 0 Å². The van der Waals surface area contributed by atoms with Crippen molar-refractivity contribution >= 4 is 0 Å². The van der Waals surface area contributed by atoms with Crippen molar-refractivity contribution in [2.24, 2.45) is 0 Å². The van der Waals surface area contributed by atoms with E-state index in [4.69, 9.17) is 4.74 Å². The third kappa shape index (κ3) is 7.25. The molecule has 5 heteroatoms. The summed E-state index contributed by atoms with van der Waals surface area (Å²) in [6, 6.07) is 0. The minimum absolute atomic E-state index is 0.104. The first-order chi connectivity index (χ1) is 8.02. The third-order valence-electron chi connectivity index (χ3n) is 2.28. The number of hydrogen-bond acceptors (Lipinski definition) is 5. The molecule has 17 heavy (non-hydrogen) atoms. The van der Waals surface area contributed by atoms with Crippen LogP contribution in [0.3, 0.4) is 0 Å². The number of aliphatic hydroxyl groups is 4. The maximum absolute atomic E-state index is 9.42. The summed E-state index contributed by atoms with van der Waals surface area (Å²) in [6.07, 6.45) is -0.384. The molecule has 0 aromatic heterocycles. The highest BCUT2D eigenvalue weighted by molar-refractivity contribution is 4.79. The van der Waals surface area contributed by atoms with Crippen LogP contribution in [0, 0.1) is 0 Å². The van der Waals surface area contributed by atoms with E-state index in [1.54, 1.807) is 0 Å². The molecule has 0 aliphatic heterocycles. The maximum atomic E-state index is 9.42. The molecule has 100 valence electrons. The van der Waals surface area contributed by atoms with Gasteiger partial charge in [0.15, 0.2) is 0 Å². The molecule has 5 nitrogen and oxygen atoms in total. The molecule has 0 bridgehead atoms. The topological polar surface area (TPSA) is 90.2 Å². The summed E-state index contributed by atoms with van der Waals surface area (Å²) in [7, 11) is 0. The summed E-state index contributed by atoms with van der Waals surface area (Å²) in [5.74, 6) is 0. The van der Waals surface area contributed by atoms with Gasteiger partial charge in [-0.3, -0.25) is 0 Å². The van der Waals surface area contributed by atoms with E-state index in [9.17, 15) is 20.4 Å². The Morgan fingerprint density at radius 2 is 1.12 bits per heavy atom. The molecule has 0 heterocycles. The van der Waals surface area contributed by atoms with Crippen LogP contribution in [-0.2, 0) is 4.74 Å². The van der Waals surface area contributed by atoms with Gasteiger partial charge in [0.25, 0.3) is 0 Å². The van der Waals surface area contributed by atoms with Crippen LogP contribution in [0.1, 0.15) is 12.8 Å². The lowest BCUT2D eigenvalue weighted by Crippen LogP contribution is -2.34. The summed E-state index contributed by atoms with van der Waals surface area (Å²) < 4.78 is 5.00. The predicted molar refractivity (Wildman–Crippen MR) is 64.5 cm³/mol. The molecule has 0 radical (unpaired) electrons. The van der Waals surface area contributed by atoms with Crippen LogP contribution >= 0.6 is 0 Å². The fourth-order valence-electron chi connectivity index (χ4n) is 1.19. The zero-order valence-electron chi connectivity index (χ0n) is 9.90. The Morgan fingerprint density at radius 1 is 0.765 bits per heavy atom. The van der Waals surface area contributed by atoms with Crippen LogP contribution in [0.5, 0.6) is 0 Å². The van der Waals surface area contributed by atoms with Gasteiger partial charge in [0.2, 0.25) is 0 Å². The number of aliphatic hydroxyl groups excluding tert-OH is 4. The van der Waals surface area contributed by atoms with Gasteiger partial charge in [0, 0.05) is 0 Å². The van der Waals surface area contributed by atoms with Gasteiger partial charge in [-0.05, 0) is 12.8 Å². The van der Waals surface area contributed by atoms with E-state index < -0.39 is 24.4 Å². The Hall–Kier alpha value is -0.720. The molecule has 0 aromatic rings. The second-order valence-electron chi connectivity index (χ2n) is 3.86. The quantitative estimate of drug-likeness (QED) is 0.394. The molecule has 0 saturated carbocycles. The first-order valence-corrected chi connectivity index (χ1v) is 5.54. The molecule has 0 rings (SSSR count). The van der Waals surface area contributed by atoms with E-state index >= 15 is 0 Å². The zero-order chi connectivity index (χ0) is 13.3. The highest BCUT2D eigenvalue weighted by Crippen LogP contribution is 2.03. The average molecular weight is 246 g/mol. The standard InChI is InChI=1S/C12H22O5/c1-3-5-9(13)11(15)7-17-8-12(16)10(14)6-4-2/h3-4,9-16H,1-2,5-8H2. The van der Waals surface area contributed by atoms with Crippen molar-refractivity contribution in [1.29, 1.82) is 0 Å². The van der Waals surface area contributed by atoms with Gasteiger partial charge < -0.3 is 25.2 Å². The molecule has 0 aromatic carbocycles. The smallest absolute Gasteiger partial charge is 0.103 e. The van der Waals surface area contributed by atoms with Gasteiger partial charge in [-0.1, -0.05) is 12.2 Å². The lowest BCUT2D eigenvalue weighted by Gasteiger charge is -2.19. The summed E-state index contributed by atoms with van der Waals surface area (Å²) in [5, 5.41) is 37.5. The van der Waals surface area contributed by atoms with Crippen molar-refractivity contribution in [3.63, 3.8) is 0 Å². The first-order valence-electron chi connectivity index (χ1n) is 5.54. The van der Waals surface area contributed by atoms with Crippen LogP contribution in [0.4, 0.5) is 0 Å². The second-order valence-corrected chi connectivity index (χ2v) is 3.86. The number of rotatable bonds is 10. The largest absolute Gasteiger partial charge is 0.390 e. The highest BCUT2D eigenvalue weighted by Gasteiger charge is 2.18. The van der Waals surface area contributed by atoms with Crippen molar-refractivity contribution in [3.05, 3.63) is 25.3 Å². The van der Waals surface area contributed by atoms with Gasteiger partial charge in [-0.25, -0.2) is 0 Å². The van der Waals surface area contributed by atoms with E-state index in [0.717, 1.165) is 0 Å². The van der Waals surface area contributed by atoms with Crippen LogP contribution in [0.2, 0.25) is 0 Å². The van der Waals surface area contributed by atoms with Crippen molar-refractivity contribution in [2.45, 2.75) is 37.3 Å². The summed E-state index contributed by atoms with van der Waals surface area (Å²) >= 11 is 0. The fourth-order valence-corrected chi connectivity index (χ4v) is 1.19. The molecular formula is C12H22O5. The molecule has 0 aliphatic carbocycles. The van der Waals surface area contributed by atoms with Gasteiger partial charge in [-0.2, -0.15) is 0 Å². The van der Waals surface area contributed by atoms with Crippen molar-refractivity contribution in [3.8, 4) is 0 Å². The number of hydrogen-bond donors (Lipinski definition) is 4. The van der Waals surface area contributed by atoms with Gasteiger partial charge in [0.05, 0.1) is 25.4 Å². The van der Waals surface area contributed by atoms with Crippen LogP contribution in [0.25, 0.3) is 0 Å². The fraction of sp³-hybridized carbons (Fsp3) is 0.667. The normalized spacial score (nSPS) is 18.1. The van der Waals surface area contributed by atoms with Crippen molar-refractivity contribution in [1.82, 2.24) is 0 Å². The highest BCUT2D eigenvalue weighted by atomic mass is 16.5. The summed E-state index contributed by atoms with van der Waals surface area (Å²) in [5.41, 5.74) is 0. The lowest BCUT2D eigenvalue weighted by atomic mass is 10.1. The zero-order valence-corrected chi connectivity index (χ0v) is 9.90.